The van der Waals surface area contributed by atoms with E-state index >= 15 is 0 Å². The van der Waals surface area contributed by atoms with E-state index in [-0.39, 0.29) is 24.4 Å². The van der Waals surface area contributed by atoms with E-state index in [0.29, 0.717) is 42.7 Å². The van der Waals surface area contributed by atoms with E-state index in [0.717, 1.165) is 21.9 Å². The van der Waals surface area contributed by atoms with Gasteiger partial charge >= 0.3 is 0 Å². The Morgan fingerprint density at radius 3 is 2.90 bits per heavy atom. The number of nitrogens with zero attached hydrogens (tertiary/aromatic N) is 3. The summed E-state index contributed by atoms with van der Waals surface area (Å²) in [7, 11) is 0. The number of nitrogen functional groups attached to an aromatic ring is 1. The lowest BCUT2D eigenvalue weighted by Crippen LogP contribution is -2.49. The molecule has 2 aromatic heterocycles. The summed E-state index contributed by atoms with van der Waals surface area (Å²) >= 11 is 5.92. The molecule has 2 N–H and O–H groups in total. The van der Waals surface area contributed by atoms with Gasteiger partial charge in [0.05, 0.1) is 43.9 Å². The average molecular weight is 439 g/mol. The molecule has 0 radical (unpaired) electrons. The van der Waals surface area contributed by atoms with Gasteiger partial charge in [0.1, 0.15) is 11.0 Å². The number of nitrogens with two attached hydrogens (primary N) is 1. The van der Waals surface area contributed by atoms with Crippen molar-refractivity contribution in [2.75, 3.05) is 18.9 Å². The van der Waals surface area contributed by atoms with Gasteiger partial charge in [0.15, 0.2) is 0 Å². The van der Waals surface area contributed by atoms with E-state index in [1.807, 2.05) is 24.0 Å². The molecule has 1 saturated heterocycles. The number of halogens is 1. The van der Waals surface area contributed by atoms with Crippen molar-refractivity contribution in [1.82, 2.24) is 14.9 Å². The van der Waals surface area contributed by atoms with Crippen LogP contribution in [0.4, 0.5) is 5.82 Å². The molecule has 4 rings (SSSR count). The Hall–Kier alpha value is -2.92. The maximum absolute atomic E-state index is 13.3. The van der Waals surface area contributed by atoms with Crippen molar-refractivity contribution >= 4 is 35.5 Å². The first-order valence-corrected chi connectivity index (χ1v) is 10.4. The summed E-state index contributed by atoms with van der Waals surface area (Å²) in [5.41, 5.74) is 8.74. The molecule has 8 heteroatoms. The third-order valence-corrected chi connectivity index (χ3v) is 5.80. The number of carbonyl (C=O) groups is 1. The van der Waals surface area contributed by atoms with Crippen molar-refractivity contribution in [1.29, 1.82) is 0 Å². The van der Waals surface area contributed by atoms with E-state index in [2.05, 4.69) is 15.9 Å². The number of hydrogen-bond acceptors (Lipinski definition) is 6. The van der Waals surface area contributed by atoms with Crippen LogP contribution in [0.2, 0.25) is 5.15 Å². The summed E-state index contributed by atoms with van der Waals surface area (Å²) < 4.78 is 11.3. The smallest absolute Gasteiger partial charge is 0.227 e. The van der Waals surface area contributed by atoms with Crippen molar-refractivity contribution in [3.63, 3.8) is 0 Å². The molecule has 2 aliphatic heterocycles. The Labute approximate surface area is 185 Å². The van der Waals surface area contributed by atoms with Crippen LogP contribution in [0.5, 0.6) is 0 Å². The molecule has 0 bridgehead atoms. The first-order chi connectivity index (χ1) is 15.0. The monoisotopic (exact) mass is 438 g/mol. The third kappa shape index (κ3) is 4.28. The number of anilines is 1. The number of pyridine rings is 2. The predicted molar refractivity (Wildman–Crippen MR) is 118 cm³/mol. The number of ether oxygens (including phenoxy) is 2. The Morgan fingerprint density at radius 1 is 1.35 bits per heavy atom. The van der Waals surface area contributed by atoms with Gasteiger partial charge in [0.25, 0.3) is 0 Å². The van der Waals surface area contributed by atoms with E-state index in [1.54, 1.807) is 18.3 Å². The van der Waals surface area contributed by atoms with Gasteiger partial charge in [-0.15, -0.1) is 6.42 Å². The minimum Gasteiger partial charge on any atom is -0.383 e. The normalized spacial score (nSPS) is 21.8. The summed E-state index contributed by atoms with van der Waals surface area (Å²) in [6, 6.07) is 3.28. The molecule has 1 amide bonds. The lowest BCUT2D eigenvalue weighted by Gasteiger charge is -2.40. The van der Waals surface area contributed by atoms with Gasteiger partial charge in [0, 0.05) is 29.5 Å². The molecule has 0 aromatic carbocycles. The fraction of sp³-hybridized carbons (Fsp3) is 0.348. The first-order valence-electron chi connectivity index (χ1n) is 10.0. The van der Waals surface area contributed by atoms with Crippen LogP contribution in [-0.4, -0.2) is 40.0 Å². The predicted octanol–water partition coefficient (Wildman–Crippen LogP) is 1.32. The van der Waals surface area contributed by atoms with Crippen LogP contribution < -0.4 is 16.3 Å². The second-order valence-electron chi connectivity index (χ2n) is 7.58. The van der Waals surface area contributed by atoms with Crippen LogP contribution in [0.1, 0.15) is 36.1 Å². The maximum Gasteiger partial charge on any atom is 0.227 e. The van der Waals surface area contributed by atoms with Crippen molar-refractivity contribution in [3.8, 4) is 12.3 Å². The molecule has 0 spiro atoms. The first kappa shape index (κ1) is 21.3. The highest BCUT2D eigenvalue weighted by Gasteiger charge is 2.33. The number of terminal acetylenes is 1. The molecule has 160 valence electrons. The fourth-order valence-corrected chi connectivity index (χ4v) is 4.21. The molecule has 31 heavy (non-hydrogen) atoms. The van der Waals surface area contributed by atoms with E-state index < -0.39 is 0 Å². The number of morpholine rings is 1. The zero-order chi connectivity index (χ0) is 22.0. The van der Waals surface area contributed by atoms with Crippen LogP contribution in [-0.2, 0) is 27.5 Å². The molecule has 2 aliphatic rings. The van der Waals surface area contributed by atoms with Crippen molar-refractivity contribution < 1.29 is 14.3 Å². The van der Waals surface area contributed by atoms with Gasteiger partial charge in [0.2, 0.25) is 5.91 Å². The Kier molecular flexibility index (Phi) is 6.23. The van der Waals surface area contributed by atoms with Gasteiger partial charge in [-0.05, 0) is 24.1 Å². The number of hydrogen-bond donors (Lipinski definition) is 1. The number of carbonyl (C=O) groups excluding carboxylic acids is 1. The summed E-state index contributed by atoms with van der Waals surface area (Å²) in [4.78, 5) is 23.8. The van der Waals surface area contributed by atoms with E-state index in [1.165, 1.54) is 0 Å². The van der Waals surface area contributed by atoms with Crippen molar-refractivity contribution in [2.24, 2.45) is 0 Å². The molecule has 0 saturated carbocycles. The minimum absolute atomic E-state index is 0.0214. The summed E-state index contributed by atoms with van der Waals surface area (Å²) in [5.74, 6) is 2.89. The van der Waals surface area contributed by atoms with Crippen LogP contribution in [0, 0.1) is 12.3 Å². The van der Waals surface area contributed by atoms with Crippen molar-refractivity contribution in [3.05, 3.63) is 50.7 Å². The number of aromatic nitrogens is 2. The zero-order valence-corrected chi connectivity index (χ0v) is 17.9. The number of rotatable bonds is 3. The molecule has 0 aliphatic carbocycles. The molecule has 4 heterocycles. The van der Waals surface area contributed by atoms with Gasteiger partial charge in [-0.2, -0.15) is 0 Å². The molecule has 7 nitrogen and oxygen atoms in total. The van der Waals surface area contributed by atoms with Crippen LogP contribution in [0.15, 0.2) is 18.3 Å². The molecule has 2 atom stereocenters. The van der Waals surface area contributed by atoms with E-state index in [9.17, 15) is 4.79 Å². The highest BCUT2D eigenvalue weighted by atomic mass is 35.5. The van der Waals surface area contributed by atoms with Gasteiger partial charge in [-0.3, -0.25) is 4.79 Å². The van der Waals surface area contributed by atoms with Crippen molar-refractivity contribution in [2.45, 2.75) is 38.6 Å². The Morgan fingerprint density at radius 2 is 2.16 bits per heavy atom. The molecule has 0 unspecified atom stereocenters. The van der Waals surface area contributed by atoms with Crippen LogP contribution >= 0.6 is 11.6 Å². The quantitative estimate of drug-likeness (QED) is 0.574. The molecule has 1 fully saturated rings. The standard InChI is InChI=1S/C23H23ClN4O3/c1-3-4-19-16(17-11-31-12-18(17)23(25)27-19)6-8-22(29)28-14(2)10-30-13-20(28)15-5-7-21(24)26-9-15/h1,4-7,9,14,20H,8,10-13H2,2H3,(H2,25,27)/b16-6-,19-4+/t14-,20-/m0/s1. The summed E-state index contributed by atoms with van der Waals surface area (Å²) in [5, 5.41) is 1.79. The van der Waals surface area contributed by atoms with Gasteiger partial charge < -0.3 is 20.1 Å². The largest absolute Gasteiger partial charge is 0.383 e. The fourth-order valence-electron chi connectivity index (χ4n) is 4.10. The second kappa shape index (κ2) is 9.06. The van der Waals surface area contributed by atoms with Gasteiger partial charge in [-0.25, -0.2) is 9.97 Å². The SMILES string of the molecule is C#C/C=c1/nc(N)c2c(/c1=C/CC(=O)N1[C@@H](C)COC[C@H]1c1ccc(Cl)nc1)COC2. The maximum atomic E-state index is 13.3. The van der Waals surface area contributed by atoms with Crippen LogP contribution in [0.3, 0.4) is 0 Å². The van der Waals surface area contributed by atoms with E-state index in [4.69, 9.17) is 33.2 Å². The second-order valence-corrected chi connectivity index (χ2v) is 7.97. The van der Waals surface area contributed by atoms with Crippen LogP contribution in [0.25, 0.3) is 12.2 Å². The summed E-state index contributed by atoms with van der Waals surface area (Å²) in [6.07, 6.45) is 10.8. The lowest BCUT2D eigenvalue weighted by atomic mass is 10.0. The topological polar surface area (TPSA) is 90.6 Å². The Balaban J connectivity index is 1.68. The average Bonchev–Trinajstić information content (AvgIpc) is 3.24. The van der Waals surface area contributed by atoms with Gasteiger partial charge in [-0.1, -0.05) is 29.7 Å². The Bertz CT molecular complexity index is 1160. The summed E-state index contributed by atoms with van der Waals surface area (Å²) in [6.45, 7) is 3.68. The number of amides is 1. The highest BCUT2D eigenvalue weighted by Crippen LogP contribution is 2.28. The lowest BCUT2D eigenvalue weighted by molar-refractivity contribution is -0.144. The number of fused-ring (bicyclic) bond motifs is 1. The molecular weight excluding hydrogens is 416 g/mol. The molecule has 2 aromatic rings. The highest BCUT2D eigenvalue weighted by molar-refractivity contribution is 6.29. The molecular formula is C23H23ClN4O3. The third-order valence-electron chi connectivity index (χ3n) is 5.58. The minimum atomic E-state index is -0.232. The zero-order valence-electron chi connectivity index (χ0n) is 17.2.